The molecule has 1 N–H and O–H groups in total. The zero-order chi connectivity index (χ0) is 13.0. The molecule has 0 aliphatic heterocycles. The van der Waals surface area contributed by atoms with Crippen molar-refractivity contribution in [3.63, 3.8) is 0 Å². The van der Waals surface area contributed by atoms with E-state index in [0.29, 0.717) is 12.1 Å². The fourth-order valence-corrected chi connectivity index (χ4v) is 2.59. The Kier molecular flexibility index (Phi) is 4.78. The Morgan fingerprint density at radius 3 is 2.83 bits per heavy atom. The van der Waals surface area contributed by atoms with Crippen molar-refractivity contribution in [3.8, 4) is 0 Å². The Morgan fingerprint density at radius 1 is 1.56 bits per heavy atom. The molecule has 102 valence electrons. The zero-order valence-electron chi connectivity index (χ0n) is 11.7. The van der Waals surface area contributed by atoms with Gasteiger partial charge in [0.25, 0.3) is 0 Å². The minimum Gasteiger partial charge on any atom is -0.377 e. The first kappa shape index (κ1) is 13.6. The largest absolute Gasteiger partial charge is 0.377 e. The SMILES string of the molecule is CCOC(C1CC1)C(CCc1nccn1C)NC. The van der Waals surface area contributed by atoms with Crippen LogP contribution in [-0.4, -0.2) is 35.4 Å². The summed E-state index contributed by atoms with van der Waals surface area (Å²) in [6.45, 7) is 2.89. The van der Waals surface area contributed by atoms with Crippen molar-refractivity contribution in [2.45, 2.75) is 44.8 Å². The van der Waals surface area contributed by atoms with Crippen LogP contribution >= 0.6 is 0 Å². The maximum atomic E-state index is 5.93. The van der Waals surface area contributed by atoms with Crippen LogP contribution < -0.4 is 5.32 Å². The summed E-state index contributed by atoms with van der Waals surface area (Å²) in [5, 5.41) is 3.43. The highest BCUT2D eigenvalue weighted by molar-refractivity contribution is 4.95. The van der Waals surface area contributed by atoms with Crippen molar-refractivity contribution in [1.82, 2.24) is 14.9 Å². The van der Waals surface area contributed by atoms with Gasteiger partial charge in [-0.1, -0.05) is 0 Å². The van der Waals surface area contributed by atoms with Crippen LogP contribution in [0.4, 0.5) is 0 Å². The van der Waals surface area contributed by atoms with E-state index in [9.17, 15) is 0 Å². The summed E-state index contributed by atoms with van der Waals surface area (Å²) in [4.78, 5) is 4.38. The number of nitrogens with zero attached hydrogens (tertiary/aromatic N) is 2. The fourth-order valence-electron chi connectivity index (χ4n) is 2.59. The van der Waals surface area contributed by atoms with Crippen LogP contribution in [0, 0.1) is 5.92 Å². The number of likely N-dealkylation sites (N-methyl/N-ethyl adjacent to an activating group) is 1. The Labute approximate surface area is 110 Å². The van der Waals surface area contributed by atoms with Gasteiger partial charge < -0.3 is 14.6 Å². The zero-order valence-corrected chi connectivity index (χ0v) is 11.7. The lowest BCUT2D eigenvalue weighted by atomic mass is 10.0. The van der Waals surface area contributed by atoms with Gasteiger partial charge in [0.1, 0.15) is 5.82 Å². The van der Waals surface area contributed by atoms with Gasteiger partial charge in [-0.15, -0.1) is 0 Å². The summed E-state index contributed by atoms with van der Waals surface area (Å²) in [5.74, 6) is 1.92. The average Bonchev–Trinajstić information content (AvgIpc) is 3.13. The number of aromatic nitrogens is 2. The molecule has 0 aromatic carbocycles. The fraction of sp³-hybridized carbons (Fsp3) is 0.786. The second-order valence-corrected chi connectivity index (χ2v) is 5.15. The summed E-state index contributed by atoms with van der Waals surface area (Å²) < 4.78 is 8.03. The third-order valence-corrected chi connectivity index (χ3v) is 3.81. The van der Waals surface area contributed by atoms with E-state index in [2.05, 4.69) is 28.8 Å². The number of nitrogens with one attached hydrogen (secondary N) is 1. The van der Waals surface area contributed by atoms with Crippen molar-refractivity contribution in [1.29, 1.82) is 0 Å². The van der Waals surface area contributed by atoms with E-state index in [0.717, 1.165) is 31.2 Å². The Bertz CT molecular complexity index is 360. The van der Waals surface area contributed by atoms with Crippen molar-refractivity contribution in [2.75, 3.05) is 13.7 Å². The number of hydrogen-bond donors (Lipinski definition) is 1. The molecule has 1 aliphatic carbocycles. The average molecular weight is 251 g/mol. The summed E-state index contributed by atoms with van der Waals surface area (Å²) >= 11 is 0. The standard InChI is InChI=1S/C14H25N3O/c1-4-18-14(11-5-6-11)12(15-2)7-8-13-16-9-10-17(13)3/h9-12,14-15H,4-8H2,1-3H3. The molecule has 18 heavy (non-hydrogen) atoms. The predicted octanol–water partition coefficient (Wildman–Crippen LogP) is 1.76. The van der Waals surface area contributed by atoms with Gasteiger partial charge in [-0.25, -0.2) is 4.98 Å². The minimum absolute atomic E-state index is 0.375. The molecule has 1 saturated carbocycles. The van der Waals surface area contributed by atoms with Gasteiger partial charge in [0.05, 0.1) is 6.10 Å². The smallest absolute Gasteiger partial charge is 0.108 e. The molecule has 1 aromatic heterocycles. The second-order valence-electron chi connectivity index (χ2n) is 5.15. The summed E-state index contributed by atoms with van der Waals surface area (Å²) in [7, 11) is 4.09. The second kappa shape index (κ2) is 6.34. The molecule has 1 aliphatic rings. The third-order valence-electron chi connectivity index (χ3n) is 3.81. The lowest BCUT2D eigenvalue weighted by molar-refractivity contribution is 0.0188. The topological polar surface area (TPSA) is 39.1 Å². The molecular formula is C14H25N3O. The van der Waals surface area contributed by atoms with Crippen LogP contribution in [0.25, 0.3) is 0 Å². The summed E-state index contributed by atoms with van der Waals surface area (Å²) in [6.07, 6.45) is 8.99. The molecule has 0 saturated heterocycles. The highest BCUT2D eigenvalue weighted by atomic mass is 16.5. The Morgan fingerprint density at radius 2 is 2.33 bits per heavy atom. The molecule has 0 bridgehead atoms. The lowest BCUT2D eigenvalue weighted by Crippen LogP contribution is -2.41. The third kappa shape index (κ3) is 3.33. The summed E-state index contributed by atoms with van der Waals surface area (Å²) in [5.41, 5.74) is 0. The van der Waals surface area contributed by atoms with E-state index < -0.39 is 0 Å². The molecule has 1 heterocycles. The van der Waals surface area contributed by atoms with E-state index in [1.807, 2.05) is 19.4 Å². The molecule has 2 atom stereocenters. The van der Waals surface area contributed by atoms with Gasteiger partial charge in [-0.2, -0.15) is 0 Å². The molecular weight excluding hydrogens is 226 g/mol. The van der Waals surface area contributed by atoms with Crippen LogP contribution in [0.2, 0.25) is 0 Å². The number of hydrogen-bond acceptors (Lipinski definition) is 3. The van der Waals surface area contributed by atoms with Gasteiger partial charge in [-0.05, 0) is 39.2 Å². The molecule has 2 unspecified atom stereocenters. The predicted molar refractivity (Wildman–Crippen MR) is 72.5 cm³/mol. The number of aryl methyl sites for hydroxylation is 2. The van der Waals surface area contributed by atoms with Crippen molar-refractivity contribution < 1.29 is 4.74 Å². The van der Waals surface area contributed by atoms with E-state index in [1.165, 1.54) is 12.8 Å². The summed E-state index contributed by atoms with van der Waals surface area (Å²) in [6, 6.07) is 0.439. The minimum atomic E-state index is 0.375. The maximum absolute atomic E-state index is 5.93. The van der Waals surface area contributed by atoms with Gasteiger partial charge in [0.15, 0.2) is 0 Å². The number of ether oxygens (including phenoxy) is 1. The van der Waals surface area contributed by atoms with Gasteiger partial charge >= 0.3 is 0 Å². The first-order valence-corrected chi connectivity index (χ1v) is 7.01. The van der Waals surface area contributed by atoms with E-state index in [1.54, 1.807) is 0 Å². The van der Waals surface area contributed by atoms with Gasteiger partial charge in [0, 0.05) is 38.5 Å². The van der Waals surface area contributed by atoms with Crippen molar-refractivity contribution >= 4 is 0 Å². The molecule has 4 heteroatoms. The van der Waals surface area contributed by atoms with Crippen LogP contribution in [0.3, 0.4) is 0 Å². The molecule has 4 nitrogen and oxygen atoms in total. The van der Waals surface area contributed by atoms with E-state index in [4.69, 9.17) is 4.74 Å². The first-order chi connectivity index (χ1) is 8.76. The Balaban J connectivity index is 1.89. The first-order valence-electron chi connectivity index (χ1n) is 7.01. The van der Waals surface area contributed by atoms with Crippen LogP contribution in [-0.2, 0) is 18.2 Å². The Hall–Kier alpha value is -0.870. The number of rotatable bonds is 8. The molecule has 0 radical (unpaired) electrons. The van der Waals surface area contributed by atoms with Crippen molar-refractivity contribution in [2.24, 2.45) is 13.0 Å². The van der Waals surface area contributed by atoms with E-state index >= 15 is 0 Å². The highest BCUT2D eigenvalue weighted by Crippen LogP contribution is 2.36. The number of imidazole rings is 1. The monoisotopic (exact) mass is 251 g/mol. The molecule has 1 aromatic rings. The van der Waals surface area contributed by atoms with Crippen LogP contribution in [0.1, 0.15) is 32.0 Å². The quantitative estimate of drug-likeness (QED) is 0.765. The van der Waals surface area contributed by atoms with Crippen LogP contribution in [0.5, 0.6) is 0 Å². The maximum Gasteiger partial charge on any atom is 0.108 e. The van der Waals surface area contributed by atoms with Gasteiger partial charge in [0.2, 0.25) is 0 Å². The van der Waals surface area contributed by atoms with E-state index in [-0.39, 0.29) is 0 Å². The molecule has 2 rings (SSSR count). The normalized spacial score (nSPS) is 18.8. The highest BCUT2D eigenvalue weighted by Gasteiger charge is 2.36. The van der Waals surface area contributed by atoms with Crippen LogP contribution in [0.15, 0.2) is 12.4 Å². The lowest BCUT2D eigenvalue weighted by Gasteiger charge is -2.26. The molecule has 0 amide bonds. The molecule has 0 spiro atoms. The van der Waals surface area contributed by atoms with Crippen molar-refractivity contribution in [3.05, 3.63) is 18.2 Å². The van der Waals surface area contributed by atoms with Gasteiger partial charge in [-0.3, -0.25) is 0 Å². The molecule has 1 fully saturated rings.